The predicted octanol–water partition coefficient (Wildman–Crippen LogP) is 3.32. The highest BCUT2D eigenvalue weighted by Crippen LogP contribution is 2.58. The molecule has 5 atom stereocenters. The van der Waals surface area contributed by atoms with E-state index in [9.17, 15) is 24.8 Å². The van der Waals surface area contributed by atoms with E-state index in [-0.39, 0.29) is 36.3 Å². The number of aryl methyl sites for hydroxylation is 1. The Hall–Kier alpha value is -5.32. The van der Waals surface area contributed by atoms with Crippen LogP contribution in [0.4, 0.5) is 5.69 Å². The second kappa shape index (κ2) is 10.8. The molecule has 0 radical (unpaired) electrons. The van der Waals surface area contributed by atoms with Crippen LogP contribution in [0.5, 0.6) is 28.7 Å². The third-order valence-electron chi connectivity index (χ3n) is 10.9. The Labute approximate surface area is 282 Å². The lowest BCUT2D eigenvalue weighted by Crippen LogP contribution is -2.68. The van der Waals surface area contributed by atoms with Crippen LogP contribution < -0.4 is 24.7 Å². The topological polar surface area (TPSA) is 168 Å². The molecule has 5 aliphatic rings. The quantitative estimate of drug-likeness (QED) is 0.181. The Morgan fingerprint density at radius 1 is 1.06 bits per heavy atom. The number of methoxy groups -OCH3 is 1. The van der Waals surface area contributed by atoms with Crippen LogP contribution in [0.3, 0.4) is 0 Å². The molecule has 13 heteroatoms. The van der Waals surface area contributed by atoms with E-state index in [1.54, 1.807) is 19.1 Å². The number of imide groups is 1. The van der Waals surface area contributed by atoms with Gasteiger partial charge in [-0.15, -0.1) is 0 Å². The van der Waals surface area contributed by atoms with Crippen LogP contribution in [0.2, 0.25) is 0 Å². The van der Waals surface area contributed by atoms with Gasteiger partial charge in [-0.3, -0.25) is 29.1 Å². The first-order valence-corrected chi connectivity index (χ1v) is 16.1. The summed E-state index contributed by atoms with van der Waals surface area (Å²) in [6.07, 6.45) is 0.762. The summed E-state index contributed by atoms with van der Waals surface area (Å²) in [6, 6.07) is 6.49. The van der Waals surface area contributed by atoms with Gasteiger partial charge in [0.25, 0.3) is 11.8 Å². The van der Waals surface area contributed by atoms with E-state index >= 15 is 0 Å². The van der Waals surface area contributed by atoms with Gasteiger partial charge in [-0.2, -0.15) is 5.26 Å². The Morgan fingerprint density at radius 3 is 2.51 bits per heavy atom. The molecular weight excluding hydrogens is 630 g/mol. The zero-order chi connectivity index (χ0) is 34.6. The maximum Gasteiger partial charge on any atom is 0.308 e. The van der Waals surface area contributed by atoms with Gasteiger partial charge in [0, 0.05) is 53.5 Å². The van der Waals surface area contributed by atoms with Crippen molar-refractivity contribution >= 4 is 23.5 Å². The number of nitrogen functional groups attached to an aromatic ring is 1. The number of hydrogen-bond acceptors (Lipinski definition) is 12. The van der Waals surface area contributed by atoms with Crippen molar-refractivity contribution in [1.29, 1.82) is 5.26 Å². The summed E-state index contributed by atoms with van der Waals surface area (Å²) in [5, 5.41) is 22.7. The summed E-state index contributed by atoms with van der Waals surface area (Å²) in [4.78, 5) is 45.7. The molecule has 0 aliphatic carbocycles. The number of aromatic hydroxyl groups is 1. The Kier molecular flexibility index (Phi) is 6.86. The molecule has 49 heavy (non-hydrogen) atoms. The molecule has 2 bridgehead atoms. The lowest BCUT2D eigenvalue weighted by molar-refractivity contribution is -0.132. The SMILES string of the molecule is COc1c(C)cc2c(c1O)C1C3Cc4c(OC(C)=O)c(C)c5c(c4[C@H](CN4C(=O)c6ccc(N)cc6C4=O)N3C(C#N)C(C2)N1C)OCO5. The fourth-order valence-corrected chi connectivity index (χ4v) is 8.94. The standard InChI is InChI=1S/C36H35N5O8/c1-15-8-18-9-23-25(12-37)41-24(29(39(23)4)27(18)30(43)31(15)46-5)11-22-28(34-33(47-14-48-34)16(2)32(22)49-17(3)42)26(41)13-40-35(44)20-7-6-19(38)10-21(20)36(40)45/h6-8,10,23-26,29,43H,9,11,13-14,38H2,1-5H3/t23?,24?,25?,26-,29?/m0/s1. The van der Waals surface area contributed by atoms with Crippen molar-refractivity contribution in [2.75, 3.05) is 33.2 Å². The number of hydrogen-bond donors (Lipinski definition) is 2. The fraction of sp³-hybridized carbons (Fsp3) is 0.389. The summed E-state index contributed by atoms with van der Waals surface area (Å²) >= 11 is 0. The molecule has 3 aromatic rings. The summed E-state index contributed by atoms with van der Waals surface area (Å²) in [5.41, 5.74) is 11.0. The number of piperazine rings is 1. The Balaban J connectivity index is 1.37. The number of rotatable bonds is 4. The molecule has 1 saturated heterocycles. The summed E-state index contributed by atoms with van der Waals surface area (Å²) in [7, 11) is 3.46. The van der Waals surface area contributed by atoms with Crippen molar-refractivity contribution in [3.8, 4) is 34.8 Å². The van der Waals surface area contributed by atoms with E-state index in [1.165, 1.54) is 25.0 Å². The Morgan fingerprint density at radius 2 is 1.80 bits per heavy atom. The molecule has 5 heterocycles. The lowest BCUT2D eigenvalue weighted by Gasteiger charge is -2.60. The van der Waals surface area contributed by atoms with Crippen molar-refractivity contribution in [2.24, 2.45) is 0 Å². The summed E-state index contributed by atoms with van der Waals surface area (Å²) < 4.78 is 23.5. The van der Waals surface area contributed by atoms with Crippen molar-refractivity contribution in [3.63, 3.8) is 0 Å². The highest BCUT2D eigenvalue weighted by atomic mass is 16.7. The highest BCUT2D eigenvalue weighted by molar-refractivity contribution is 6.21. The van der Waals surface area contributed by atoms with Crippen LogP contribution in [-0.2, 0) is 17.6 Å². The number of phenolic OH excluding ortho intramolecular Hbond substituents is 1. The fourth-order valence-electron chi connectivity index (χ4n) is 8.94. The predicted molar refractivity (Wildman–Crippen MR) is 174 cm³/mol. The zero-order valence-corrected chi connectivity index (χ0v) is 27.7. The molecule has 252 valence electrons. The number of esters is 1. The minimum Gasteiger partial charge on any atom is -0.504 e. The van der Waals surface area contributed by atoms with Gasteiger partial charge < -0.3 is 29.8 Å². The molecule has 4 unspecified atom stereocenters. The second-order valence-electron chi connectivity index (χ2n) is 13.4. The summed E-state index contributed by atoms with van der Waals surface area (Å²) in [6.45, 7) is 4.78. The van der Waals surface area contributed by atoms with Gasteiger partial charge in [-0.1, -0.05) is 6.07 Å². The van der Waals surface area contributed by atoms with E-state index in [0.717, 1.165) is 11.1 Å². The number of phenols is 1. The average Bonchev–Trinajstić information content (AvgIpc) is 3.63. The summed E-state index contributed by atoms with van der Waals surface area (Å²) in [5.74, 6) is 0.0415. The van der Waals surface area contributed by atoms with Gasteiger partial charge in [0.15, 0.2) is 23.0 Å². The number of carbonyl (C=O) groups is 3. The number of nitrogens with zero attached hydrogens (tertiary/aromatic N) is 4. The Bertz CT molecular complexity index is 2060. The smallest absolute Gasteiger partial charge is 0.308 e. The molecule has 5 aliphatic heterocycles. The van der Waals surface area contributed by atoms with Crippen LogP contribution in [0.15, 0.2) is 24.3 Å². The van der Waals surface area contributed by atoms with Crippen molar-refractivity contribution in [3.05, 3.63) is 68.8 Å². The number of nitrogens with two attached hydrogens (primary N) is 1. The first-order chi connectivity index (χ1) is 23.5. The molecular formula is C36H35N5O8. The number of anilines is 1. The van der Waals surface area contributed by atoms with Crippen molar-refractivity contribution in [1.82, 2.24) is 14.7 Å². The van der Waals surface area contributed by atoms with Crippen LogP contribution in [0.25, 0.3) is 0 Å². The van der Waals surface area contributed by atoms with E-state index in [4.69, 9.17) is 24.7 Å². The first-order valence-electron chi connectivity index (χ1n) is 16.1. The van der Waals surface area contributed by atoms with Crippen molar-refractivity contribution < 1.29 is 38.4 Å². The monoisotopic (exact) mass is 665 g/mol. The van der Waals surface area contributed by atoms with Gasteiger partial charge >= 0.3 is 5.97 Å². The molecule has 0 saturated carbocycles. The molecule has 2 amide bonds. The number of benzene rings is 3. The third kappa shape index (κ3) is 4.20. The normalized spacial score (nSPS) is 24.9. The number of ether oxygens (including phenoxy) is 4. The molecule has 13 nitrogen and oxygen atoms in total. The molecule has 1 fully saturated rings. The lowest BCUT2D eigenvalue weighted by atomic mass is 9.71. The zero-order valence-electron chi connectivity index (χ0n) is 27.7. The van der Waals surface area contributed by atoms with Gasteiger partial charge in [-0.05, 0) is 63.1 Å². The number of fused-ring (bicyclic) bond motifs is 10. The average molecular weight is 666 g/mol. The first kappa shape index (κ1) is 31.0. The van der Waals surface area contributed by atoms with Crippen LogP contribution in [-0.4, -0.2) is 83.2 Å². The number of amides is 2. The molecule has 8 rings (SSSR count). The number of carbonyl (C=O) groups excluding carboxylic acids is 3. The molecule has 0 aromatic heterocycles. The highest BCUT2D eigenvalue weighted by Gasteiger charge is 2.57. The van der Waals surface area contributed by atoms with Gasteiger partial charge in [0.2, 0.25) is 6.79 Å². The molecule has 3 aromatic carbocycles. The molecule has 3 N–H and O–H groups in total. The third-order valence-corrected chi connectivity index (χ3v) is 10.9. The number of likely N-dealkylation sites (N-methyl/N-ethyl adjacent to an activating group) is 1. The van der Waals surface area contributed by atoms with E-state index in [0.29, 0.717) is 63.8 Å². The van der Waals surface area contributed by atoms with Crippen LogP contribution >= 0.6 is 0 Å². The van der Waals surface area contributed by atoms with E-state index in [2.05, 4.69) is 15.9 Å². The minimum absolute atomic E-state index is 0.0329. The van der Waals surface area contributed by atoms with E-state index < -0.39 is 42.0 Å². The van der Waals surface area contributed by atoms with E-state index in [1.807, 2.05) is 20.0 Å². The van der Waals surface area contributed by atoms with Gasteiger partial charge in [-0.25, -0.2) is 0 Å². The maximum absolute atomic E-state index is 13.9. The van der Waals surface area contributed by atoms with Gasteiger partial charge in [0.05, 0.1) is 36.4 Å². The second-order valence-corrected chi connectivity index (χ2v) is 13.4. The minimum atomic E-state index is -0.780. The van der Waals surface area contributed by atoms with Crippen LogP contribution in [0, 0.1) is 25.2 Å². The molecule has 0 spiro atoms. The van der Waals surface area contributed by atoms with Gasteiger partial charge in [0.1, 0.15) is 11.8 Å². The maximum atomic E-state index is 13.9. The van der Waals surface area contributed by atoms with Crippen LogP contribution in [0.1, 0.15) is 73.1 Å². The largest absolute Gasteiger partial charge is 0.504 e. The van der Waals surface area contributed by atoms with Crippen molar-refractivity contribution in [2.45, 2.75) is 63.8 Å². The number of nitriles is 1.